The summed E-state index contributed by atoms with van der Waals surface area (Å²) in [4.78, 5) is 52.1. The van der Waals surface area contributed by atoms with Gasteiger partial charge in [-0.3, -0.25) is 19.2 Å². The van der Waals surface area contributed by atoms with Crippen molar-refractivity contribution < 1.29 is 19.2 Å². The quantitative estimate of drug-likeness (QED) is 0.443. The first-order valence-corrected chi connectivity index (χ1v) is 11.8. The summed E-state index contributed by atoms with van der Waals surface area (Å²) >= 11 is 0. The third kappa shape index (κ3) is 6.32. The van der Waals surface area contributed by atoms with Gasteiger partial charge in [0.05, 0.1) is 12.1 Å². The van der Waals surface area contributed by atoms with Crippen LogP contribution in [0.3, 0.4) is 0 Å². The molecule has 0 aliphatic carbocycles. The van der Waals surface area contributed by atoms with Crippen molar-refractivity contribution in [3.05, 3.63) is 0 Å². The van der Waals surface area contributed by atoms with E-state index in [-0.39, 0.29) is 11.8 Å². The van der Waals surface area contributed by atoms with Gasteiger partial charge in [-0.2, -0.15) is 0 Å². The summed E-state index contributed by atoms with van der Waals surface area (Å²) in [5, 5.41) is 2.72. The maximum atomic E-state index is 13.4. The largest absolute Gasteiger partial charge is 0.363 e. The van der Waals surface area contributed by atoms with E-state index in [2.05, 4.69) is 11.2 Å². The summed E-state index contributed by atoms with van der Waals surface area (Å²) < 4.78 is 0. The van der Waals surface area contributed by atoms with Crippen LogP contribution < -0.4 is 16.8 Å². The summed E-state index contributed by atoms with van der Waals surface area (Å²) in [6, 6.07) is -2.54. The molecular formula is C24H38N4O4. The molecule has 0 aromatic carbocycles. The lowest BCUT2D eigenvalue weighted by molar-refractivity contribution is -0.143. The highest BCUT2D eigenvalue weighted by molar-refractivity contribution is 6.37. The molecule has 2 aliphatic heterocycles. The zero-order valence-electron chi connectivity index (χ0n) is 19.4. The van der Waals surface area contributed by atoms with Crippen LogP contribution in [0.2, 0.25) is 0 Å². The Kier molecular flexibility index (Phi) is 9.26. The molecule has 8 nitrogen and oxygen atoms in total. The van der Waals surface area contributed by atoms with Crippen LogP contribution in [0.25, 0.3) is 0 Å². The Morgan fingerprint density at radius 2 is 1.59 bits per heavy atom. The van der Waals surface area contributed by atoms with Crippen LogP contribution in [0.4, 0.5) is 0 Å². The van der Waals surface area contributed by atoms with Gasteiger partial charge in [-0.25, -0.2) is 0 Å². The number of amides is 3. The van der Waals surface area contributed by atoms with E-state index in [0.717, 1.165) is 38.5 Å². The summed E-state index contributed by atoms with van der Waals surface area (Å²) in [7, 11) is 0. The molecule has 3 amide bonds. The van der Waals surface area contributed by atoms with Crippen molar-refractivity contribution in [1.82, 2.24) is 10.2 Å². The number of ketones is 1. The van der Waals surface area contributed by atoms with Crippen LogP contribution in [-0.4, -0.2) is 53.1 Å². The second-order valence-corrected chi connectivity index (χ2v) is 9.69. The van der Waals surface area contributed by atoms with E-state index in [4.69, 9.17) is 17.9 Å². The lowest BCUT2D eigenvalue weighted by atomic mass is 9.75. The van der Waals surface area contributed by atoms with Crippen molar-refractivity contribution in [2.75, 3.05) is 6.54 Å². The smallest absolute Gasteiger partial charge is 0.287 e. The molecule has 2 rings (SSSR count). The van der Waals surface area contributed by atoms with E-state index in [9.17, 15) is 19.2 Å². The number of nitrogens with one attached hydrogen (secondary N) is 1. The van der Waals surface area contributed by atoms with E-state index < -0.39 is 41.1 Å². The fourth-order valence-corrected chi connectivity index (χ4v) is 4.86. The number of primary amides is 1. The molecule has 0 aromatic heterocycles. The third-order valence-corrected chi connectivity index (χ3v) is 6.95. The first-order valence-electron chi connectivity index (χ1n) is 11.8. The molecular weight excluding hydrogens is 408 g/mol. The molecule has 2 heterocycles. The van der Waals surface area contributed by atoms with Crippen LogP contribution in [0.15, 0.2) is 0 Å². The number of Topliss-reactive ketones (excluding diaryl/α,β-unsaturated/α-hetero) is 1. The average Bonchev–Trinajstić information content (AvgIpc) is 3.21. The predicted molar refractivity (Wildman–Crippen MR) is 122 cm³/mol. The Balaban J connectivity index is 2.36. The molecule has 5 N–H and O–H groups in total. The Morgan fingerprint density at radius 1 is 1.03 bits per heavy atom. The van der Waals surface area contributed by atoms with Gasteiger partial charge in [-0.1, -0.05) is 44.9 Å². The monoisotopic (exact) mass is 446 g/mol. The molecule has 8 heteroatoms. The molecule has 32 heavy (non-hydrogen) atoms. The highest BCUT2D eigenvalue weighted by Crippen LogP contribution is 2.39. The van der Waals surface area contributed by atoms with Crippen LogP contribution in [-0.2, 0) is 19.2 Å². The maximum Gasteiger partial charge on any atom is 0.287 e. The fourth-order valence-electron chi connectivity index (χ4n) is 4.86. The van der Waals surface area contributed by atoms with E-state index in [0.29, 0.717) is 32.2 Å². The molecule has 0 radical (unpaired) electrons. The minimum atomic E-state index is -1.08. The number of carbonyl (C=O) groups excluding carboxylic acids is 4. The summed E-state index contributed by atoms with van der Waals surface area (Å²) in [5.74, 6) is -0.208. The molecule has 0 bridgehead atoms. The van der Waals surface area contributed by atoms with Crippen molar-refractivity contribution in [3.63, 3.8) is 0 Å². The van der Waals surface area contributed by atoms with Crippen LogP contribution in [0.1, 0.15) is 78.1 Å². The standard InChI is InChI=1S/C24H38N4O4/c1-4-24(2,3)16-14-15-28-19(16)22(31)27-18(20(29)21(26)30)13-11-9-7-5-6-8-10-12-17(25)23(28)32/h1,16-19H,5-15,25H2,2-3H3,(H2,26,30)(H,27,31)/t16-,17-,18-,19-/m0/s1. The molecule has 2 aliphatic rings. The van der Waals surface area contributed by atoms with Crippen molar-refractivity contribution in [2.45, 2.75) is 96.2 Å². The number of nitrogens with zero attached hydrogens (tertiary/aromatic N) is 1. The van der Waals surface area contributed by atoms with Gasteiger partial charge in [0, 0.05) is 17.9 Å². The van der Waals surface area contributed by atoms with Gasteiger partial charge in [0.2, 0.25) is 17.6 Å². The van der Waals surface area contributed by atoms with Gasteiger partial charge in [0.15, 0.2) is 0 Å². The topological polar surface area (TPSA) is 136 Å². The lowest BCUT2D eigenvalue weighted by Gasteiger charge is -2.35. The van der Waals surface area contributed by atoms with Crippen LogP contribution >= 0.6 is 0 Å². The SMILES string of the molecule is C#CC(C)(C)[C@H]1CCN2C(=O)[C@@H](N)CCCCCCCCC[C@@H](C(=O)C(N)=O)NC(=O)[C@H]12. The number of hydrogen-bond donors (Lipinski definition) is 3. The number of carbonyl (C=O) groups is 4. The van der Waals surface area contributed by atoms with Gasteiger partial charge < -0.3 is 21.7 Å². The molecule has 0 unspecified atom stereocenters. The predicted octanol–water partition coefficient (Wildman–Crippen LogP) is 1.25. The Morgan fingerprint density at radius 3 is 2.16 bits per heavy atom. The van der Waals surface area contributed by atoms with Crippen molar-refractivity contribution in [2.24, 2.45) is 22.8 Å². The van der Waals surface area contributed by atoms with Gasteiger partial charge in [0.1, 0.15) is 6.04 Å². The van der Waals surface area contributed by atoms with E-state index in [1.165, 1.54) is 4.90 Å². The number of fused-ring (bicyclic) bond motifs is 1. The summed E-state index contributed by atoms with van der Waals surface area (Å²) in [6.45, 7) is 4.10. The molecule has 0 aromatic rings. The normalized spacial score (nSPS) is 29.0. The minimum absolute atomic E-state index is 0.273. The van der Waals surface area contributed by atoms with E-state index in [1.807, 2.05) is 13.8 Å². The number of terminal acetylenes is 1. The lowest BCUT2D eigenvalue weighted by Crippen LogP contribution is -2.57. The highest BCUT2D eigenvalue weighted by Gasteiger charge is 2.49. The van der Waals surface area contributed by atoms with E-state index in [1.54, 1.807) is 0 Å². The summed E-state index contributed by atoms with van der Waals surface area (Å²) in [6.07, 6.45) is 13.8. The highest BCUT2D eigenvalue weighted by atomic mass is 16.2. The molecule has 178 valence electrons. The number of hydrogen-bond acceptors (Lipinski definition) is 5. The zero-order chi connectivity index (χ0) is 23.9. The Bertz CT molecular complexity index is 758. The molecule has 4 atom stereocenters. The molecule has 2 fully saturated rings. The molecule has 0 saturated carbocycles. The van der Waals surface area contributed by atoms with Gasteiger partial charge in [-0.15, -0.1) is 12.3 Å². The van der Waals surface area contributed by atoms with Crippen LogP contribution in [0.5, 0.6) is 0 Å². The number of nitrogens with two attached hydrogens (primary N) is 2. The maximum absolute atomic E-state index is 13.4. The average molecular weight is 447 g/mol. The Labute approximate surface area is 191 Å². The summed E-state index contributed by atoms with van der Waals surface area (Å²) in [5.41, 5.74) is 10.8. The van der Waals surface area contributed by atoms with Gasteiger partial charge in [0.25, 0.3) is 5.91 Å². The van der Waals surface area contributed by atoms with Crippen molar-refractivity contribution in [3.8, 4) is 12.3 Å². The third-order valence-electron chi connectivity index (χ3n) is 6.95. The van der Waals surface area contributed by atoms with E-state index >= 15 is 0 Å². The first-order chi connectivity index (χ1) is 15.1. The zero-order valence-corrected chi connectivity index (χ0v) is 19.4. The Hall–Kier alpha value is -2.40. The van der Waals surface area contributed by atoms with Crippen LogP contribution in [0, 0.1) is 23.7 Å². The van der Waals surface area contributed by atoms with Crippen molar-refractivity contribution >= 4 is 23.5 Å². The fraction of sp³-hybridized carbons (Fsp3) is 0.750. The molecule has 0 spiro atoms. The van der Waals surface area contributed by atoms with Crippen molar-refractivity contribution in [1.29, 1.82) is 0 Å². The second kappa shape index (κ2) is 11.5. The minimum Gasteiger partial charge on any atom is -0.363 e. The molecule has 2 saturated heterocycles. The number of rotatable bonds is 3. The van der Waals surface area contributed by atoms with Gasteiger partial charge in [-0.05, 0) is 33.1 Å². The first kappa shape index (κ1) is 25.9. The van der Waals surface area contributed by atoms with Gasteiger partial charge >= 0.3 is 0 Å². The second-order valence-electron chi connectivity index (χ2n) is 9.69.